The van der Waals surface area contributed by atoms with E-state index in [-0.39, 0.29) is 11.2 Å². The lowest BCUT2D eigenvalue weighted by molar-refractivity contribution is 0.630. The molecule has 0 N–H and O–H groups in total. The molecule has 0 radical (unpaired) electrons. The van der Waals surface area contributed by atoms with E-state index in [4.69, 9.17) is 0 Å². The van der Waals surface area contributed by atoms with Gasteiger partial charge in [0.15, 0.2) is 0 Å². The number of aromatic nitrogens is 3. The van der Waals surface area contributed by atoms with Crippen molar-refractivity contribution in [2.75, 3.05) is 5.75 Å². The van der Waals surface area contributed by atoms with Crippen molar-refractivity contribution in [3.05, 3.63) is 46.9 Å². The molecule has 0 amide bonds. The predicted octanol–water partition coefficient (Wildman–Crippen LogP) is 3.87. The molecule has 114 valence electrons. The lowest BCUT2D eigenvalue weighted by Gasteiger charge is -2.09. The van der Waals surface area contributed by atoms with Crippen LogP contribution >= 0.6 is 23.1 Å². The van der Waals surface area contributed by atoms with Crippen molar-refractivity contribution >= 4 is 33.2 Å². The maximum Gasteiger partial charge on any atom is 0.214 e. The Morgan fingerprint density at radius 3 is 3.00 bits per heavy atom. The lowest BCUT2D eigenvalue weighted by Crippen LogP contribution is -2.13. The molecule has 7 heteroatoms. The first kappa shape index (κ1) is 15.2. The number of halogens is 1. The monoisotopic (exact) mass is 335 g/mol. The molecule has 0 saturated heterocycles. The maximum atomic E-state index is 13.5. The summed E-state index contributed by atoms with van der Waals surface area (Å²) in [5.74, 6) is 0.579. The second-order valence-electron chi connectivity index (χ2n) is 4.75. The molecule has 2 aromatic heterocycles. The van der Waals surface area contributed by atoms with Gasteiger partial charge in [0, 0.05) is 10.1 Å². The zero-order valence-corrected chi connectivity index (χ0v) is 13.6. The summed E-state index contributed by atoms with van der Waals surface area (Å²) in [5.41, 5.74) is 0.362. The molecule has 0 spiro atoms. The third kappa shape index (κ3) is 2.91. The summed E-state index contributed by atoms with van der Waals surface area (Å²) in [6.07, 6.45) is 5.06. The van der Waals surface area contributed by atoms with Crippen LogP contribution in [0.5, 0.6) is 0 Å². The van der Waals surface area contributed by atoms with E-state index in [1.54, 1.807) is 11.8 Å². The second-order valence-corrected chi connectivity index (χ2v) is 7.17. The van der Waals surface area contributed by atoms with Crippen LogP contribution in [0.3, 0.4) is 0 Å². The van der Waals surface area contributed by atoms with Gasteiger partial charge in [0.1, 0.15) is 24.2 Å². The van der Waals surface area contributed by atoms with Gasteiger partial charge >= 0.3 is 0 Å². The highest BCUT2D eigenvalue weighted by Gasteiger charge is 2.16. The fourth-order valence-corrected chi connectivity index (χ4v) is 4.69. The molecule has 3 rings (SSSR count). The molecule has 0 unspecified atom stereocenters. The zero-order valence-electron chi connectivity index (χ0n) is 12.0. The minimum absolute atomic E-state index is 0.141. The van der Waals surface area contributed by atoms with Crippen LogP contribution in [0, 0.1) is 5.82 Å². The summed E-state index contributed by atoms with van der Waals surface area (Å²) >= 11 is 3.04. The Morgan fingerprint density at radius 1 is 1.41 bits per heavy atom. The highest BCUT2D eigenvalue weighted by Crippen LogP contribution is 2.33. The SMILES string of the molecule is CCCCSc1sc2cc(F)ccc2c(=O)c1-n1cncn1. The molecule has 0 aliphatic rings. The number of unbranched alkanes of at least 4 members (excludes halogenated alkanes) is 1. The number of rotatable bonds is 5. The Balaban J connectivity index is 2.20. The van der Waals surface area contributed by atoms with Gasteiger partial charge in [-0.05, 0) is 30.4 Å². The Hall–Kier alpha value is -1.73. The van der Waals surface area contributed by atoms with Gasteiger partial charge < -0.3 is 0 Å². The van der Waals surface area contributed by atoms with E-state index in [0.717, 1.165) is 22.8 Å². The number of fused-ring (bicyclic) bond motifs is 1. The highest BCUT2D eigenvalue weighted by molar-refractivity contribution is 8.01. The van der Waals surface area contributed by atoms with E-state index in [0.29, 0.717) is 15.8 Å². The summed E-state index contributed by atoms with van der Waals surface area (Å²) in [5, 5.41) is 4.60. The number of benzene rings is 1. The Kier molecular flexibility index (Phi) is 4.54. The molecule has 0 fully saturated rings. The molecule has 0 aliphatic carbocycles. The van der Waals surface area contributed by atoms with Gasteiger partial charge in [0.25, 0.3) is 0 Å². The third-order valence-electron chi connectivity index (χ3n) is 3.18. The Morgan fingerprint density at radius 2 is 2.27 bits per heavy atom. The van der Waals surface area contributed by atoms with Crippen molar-refractivity contribution in [3.8, 4) is 5.69 Å². The molecular weight excluding hydrogens is 321 g/mol. The van der Waals surface area contributed by atoms with Crippen molar-refractivity contribution in [3.63, 3.8) is 0 Å². The first-order valence-electron chi connectivity index (χ1n) is 6.95. The van der Waals surface area contributed by atoms with Crippen LogP contribution in [0.4, 0.5) is 4.39 Å². The van der Waals surface area contributed by atoms with Crippen LogP contribution in [0.1, 0.15) is 19.8 Å². The molecule has 1 aromatic carbocycles. The van der Waals surface area contributed by atoms with Crippen molar-refractivity contribution in [2.24, 2.45) is 0 Å². The van der Waals surface area contributed by atoms with Gasteiger partial charge in [-0.1, -0.05) is 13.3 Å². The van der Waals surface area contributed by atoms with Crippen LogP contribution in [0.2, 0.25) is 0 Å². The van der Waals surface area contributed by atoms with Crippen molar-refractivity contribution < 1.29 is 4.39 Å². The van der Waals surface area contributed by atoms with Gasteiger partial charge in [-0.15, -0.1) is 23.1 Å². The molecule has 0 bridgehead atoms. The first-order valence-corrected chi connectivity index (χ1v) is 8.75. The van der Waals surface area contributed by atoms with Crippen LogP contribution in [0.15, 0.2) is 39.9 Å². The number of nitrogens with zero attached hydrogens (tertiary/aromatic N) is 3. The average molecular weight is 335 g/mol. The Bertz CT molecular complexity index is 846. The van der Waals surface area contributed by atoms with E-state index < -0.39 is 0 Å². The van der Waals surface area contributed by atoms with E-state index in [1.165, 1.54) is 46.9 Å². The highest BCUT2D eigenvalue weighted by atomic mass is 32.2. The number of thioether (sulfide) groups is 1. The zero-order chi connectivity index (χ0) is 15.5. The van der Waals surface area contributed by atoms with Crippen LogP contribution < -0.4 is 5.43 Å². The molecule has 0 saturated carbocycles. The van der Waals surface area contributed by atoms with E-state index >= 15 is 0 Å². The van der Waals surface area contributed by atoms with Crippen LogP contribution in [0.25, 0.3) is 15.8 Å². The summed E-state index contributed by atoms with van der Waals surface area (Å²) in [6, 6.07) is 4.26. The minimum Gasteiger partial charge on any atom is -0.287 e. The molecule has 0 atom stereocenters. The van der Waals surface area contributed by atoms with Crippen LogP contribution in [-0.4, -0.2) is 20.5 Å². The van der Waals surface area contributed by atoms with Gasteiger partial charge in [-0.2, -0.15) is 5.10 Å². The molecule has 2 heterocycles. The normalized spacial score (nSPS) is 11.2. The molecular formula is C15H14FN3OS2. The topological polar surface area (TPSA) is 47.8 Å². The van der Waals surface area contributed by atoms with Gasteiger partial charge in [0.05, 0.1) is 4.21 Å². The number of hydrogen-bond donors (Lipinski definition) is 0. The largest absolute Gasteiger partial charge is 0.287 e. The summed E-state index contributed by atoms with van der Waals surface area (Å²) in [7, 11) is 0. The maximum absolute atomic E-state index is 13.5. The quantitative estimate of drug-likeness (QED) is 0.524. The van der Waals surface area contributed by atoms with Gasteiger partial charge in [-0.3, -0.25) is 4.79 Å². The minimum atomic E-state index is -0.332. The van der Waals surface area contributed by atoms with Crippen molar-refractivity contribution in [1.29, 1.82) is 0 Å². The molecule has 0 aliphatic heterocycles. The predicted molar refractivity (Wildman–Crippen MR) is 88.6 cm³/mol. The van der Waals surface area contributed by atoms with Gasteiger partial charge in [0.2, 0.25) is 5.43 Å². The average Bonchev–Trinajstić information content (AvgIpc) is 3.01. The third-order valence-corrected chi connectivity index (χ3v) is 5.67. The second kappa shape index (κ2) is 6.58. The Labute approximate surface area is 135 Å². The molecule has 4 nitrogen and oxygen atoms in total. The van der Waals surface area contributed by atoms with Gasteiger partial charge in [-0.25, -0.2) is 14.1 Å². The molecule has 3 aromatic rings. The molecule has 22 heavy (non-hydrogen) atoms. The summed E-state index contributed by atoms with van der Waals surface area (Å²) in [4.78, 5) is 16.7. The smallest absolute Gasteiger partial charge is 0.214 e. The van der Waals surface area contributed by atoms with Crippen LogP contribution in [-0.2, 0) is 0 Å². The van der Waals surface area contributed by atoms with E-state index in [2.05, 4.69) is 17.0 Å². The number of hydrogen-bond acceptors (Lipinski definition) is 5. The summed E-state index contributed by atoms with van der Waals surface area (Å²) < 4.78 is 16.5. The standard InChI is InChI=1S/C15H14FN3OS2/c1-2-3-6-21-15-13(19-9-17-8-18-19)14(20)11-5-4-10(16)7-12(11)22-15/h4-5,7-9H,2-3,6H2,1H3. The van der Waals surface area contributed by atoms with E-state index in [1.807, 2.05) is 0 Å². The lowest BCUT2D eigenvalue weighted by atomic mass is 10.2. The van der Waals surface area contributed by atoms with Crippen molar-refractivity contribution in [1.82, 2.24) is 14.8 Å². The van der Waals surface area contributed by atoms with Crippen molar-refractivity contribution in [2.45, 2.75) is 24.0 Å². The summed E-state index contributed by atoms with van der Waals surface area (Å²) in [6.45, 7) is 2.12. The fourth-order valence-electron chi connectivity index (χ4n) is 2.06. The van der Waals surface area contributed by atoms with E-state index in [9.17, 15) is 9.18 Å². The fraction of sp³-hybridized carbons (Fsp3) is 0.267. The first-order chi connectivity index (χ1) is 10.7.